The average Bonchev–Trinajstić information content (AvgIpc) is 2.38. The zero-order valence-corrected chi connectivity index (χ0v) is 13.5. The van der Waals surface area contributed by atoms with E-state index in [9.17, 15) is 4.79 Å². The van der Waals surface area contributed by atoms with E-state index in [1.807, 2.05) is 12.1 Å². The van der Waals surface area contributed by atoms with Gasteiger partial charge in [-0.3, -0.25) is 4.79 Å². The lowest BCUT2D eigenvalue weighted by molar-refractivity contribution is 0.0827. The van der Waals surface area contributed by atoms with Crippen LogP contribution in [-0.4, -0.2) is 36.4 Å². The first-order valence-corrected chi connectivity index (χ1v) is 7.24. The molecule has 0 bridgehead atoms. The second kappa shape index (κ2) is 7.27. The van der Waals surface area contributed by atoms with Crippen LogP contribution in [0.1, 0.15) is 38.1 Å². The summed E-state index contributed by atoms with van der Waals surface area (Å²) in [5, 5.41) is 3.37. The van der Waals surface area contributed by atoms with Gasteiger partial charge in [0, 0.05) is 26.8 Å². The third kappa shape index (κ3) is 4.51. The topological polar surface area (TPSA) is 45.2 Å². The molecule has 1 rings (SSSR count). The van der Waals surface area contributed by atoms with Gasteiger partial charge in [0.15, 0.2) is 0 Å². The Balaban J connectivity index is 2.64. The maximum absolute atomic E-state index is 11.8. The van der Waals surface area contributed by atoms with Crippen molar-refractivity contribution >= 4 is 11.7 Å². The van der Waals surface area contributed by atoms with Crippen molar-refractivity contribution in [3.63, 3.8) is 0 Å². The van der Waals surface area contributed by atoms with Crippen molar-refractivity contribution in [3.05, 3.63) is 23.9 Å². The molecule has 0 fully saturated rings. The van der Waals surface area contributed by atoms with Crippen LogP contribution >= 0.6 is 0 Å². The molecule has 0 saturated carbocycles. The summed E-state index contributed by atoms with van der Waals surface area (Å²) < 4.78 is 0. The number of aromatic nitrogens is 1. The smallest absolute Gasteiger partial charge is 0.254 e. The molecule has 1 amide bonds. The van der Waals surface area contributed by atoms with Crippen molar-refractivity contribution in [3.8, 4) is 0 Å². The van der Waals surface area contributed by atoms with Gasteiger partial charge in [-0.1, -0.05) is 27.7 Å². The van der Waals surface area contributed by atoms with Gasteiger partial charge in [0.1, 0.15) is 5.82 Å². The van der Waals surface area contributed by atoms with Crippen LogP contribution in [0.2, 0.25) is 0 Å². The molecule has 4 heteroatoms. The normalized spacial score (nSPS) is 11.2. The summed E-state index contributed by atoms with van der Waals surface area (Å²) in [5.41, 5.74) is 0.616. The molecule has 112 valence electrons. The molecule has 1 heterocycles. The van der Waals surface area contributed by atoms with Gasteiger partial charge in [0.05, 0.1) is 5.56 Å². The minimum absolute atomic E-state index is 0.0220. The first kappa shape index (κ1) is 16.5. The Bertz CT molecular complexity index is 416. The summed E-state index contributed by atoms with van der Waals surface area (Å²) in [5.74, 6) is 2.69. The molecule has 1 aromatic rings. The summed E-state index contributed by atoms with van der Waals surface area (Å²) in [6.07, 6.45) is 1.63. The number of hydrogen-bond donors (Lipinski definition) is 1. The number of hydrogen-bond acceptors (Lipinski definition) is 3. The van der Waals surface area contributed by atoms with Crippen LogP contribution in [0.4, 0.5) is 5.82 Å². The van der Waals surface area contributed by atoms with Crippen LogP contribution in [0.25, 0.3) is 0 Å². The van der Waals surface area contributed by atoms with Crippen LogP contribution in [0.3, 0.4) is 0 Å². The molecule has 0 aliphatic rings. The highest BCUT2D eigenvalue weighted by molar-refractivity contribution is 5.93. The minimum Gasteiger partial charge on any atom is -0.370 e. The molecule has 1 N–H and O–H groups in total. The number of pyridine rings is 1. The summed E-state index contributed by atoms with van der Waals surface area (Å²) >= 11 is 0. The van der Waals surface area contributed by atoms with Gasteiger partial charge < -0.3 is 10.2 Å². The molecule has 0 aliphatic heterocycles. The SMILES string of the molecule is CC(C)C(CNc1ccc(C(=O)N(C)C)cn1)C(C)C. The fourth-order valence-corrected chi connectivity index (χ4v) is 2.35. The molecule has 0 unspecified atom stereocenters. The number of rotatable bonds is 6. The van der Waals surface area contributed by atoms with E-state index in [-0.39, 0.29) is 5.91 Å². The maximum atomic E-state index is 11.8. The first-order valence-electron chi connectivity index (χ1n) is 7.24. The Morgan fingerprint density at radius 1 is 1.20 bits per heavy atom. The van der Waals surface area contributed by atoms with Gasteiger partial charge in [-0.05, 0) is 29.9 Å². The van der Waals surface area contributed by atoms with E-state index < -0.39 is 0 Å². The van der Waals surface area contributed by atoms with Gasteiger partial charge in [-0.15, -0.1) is 0 Å². The van der Waals surface area contributed by atoms with E-state index >= 15 is 0 Å². The van der Waals surface area contributed by atoms with Gasteiger partial charge in [0.2, 0.25) is 0 Å². The highest BCUT2D eigenvalue weighted by atomic mass is 16.2. The monoisotopic (exact) mass is 277 g/mol. The molecule has 0 aliphatic carbocycles. The van der Waals surface area contributed by atoms with E-state index in [1.165, 1.54) is 0 Å². The molecule has 0 spiro atoms. The predicted molar refractivity (Wildman–Crippen MR) is 83.9 cm³/mol. The first-order chi connectivity index (χ1) is 9.32. The number of amides is 1. The van der Waals surface area contributed by atoms with Crippen molar-refractivity contribution in [2.45, 2.75) is 27.7 Å². The zero-order chi connectivity index (χ0) is 15.3. The van der Waals surface area contributed by atoms with E-state index in [1.54, 1.807) is 25.2 Å². The second-order valence-corrected chi connectivity index (χ2v) is 6.16. The lowest BCUT2D eigenvalue weighted by Crippen LogP contribution is -2.25. The predicted octanol–water partition coefficient (Wildman–Crippen LogP) is 3.12. The molecule has 0 saturated heterocycles. The molecule has 0 atom stereocenters. The number of anilines is 1. The van der Waals surface area contributed by atoms with E-state index in [4.69, 9.17) is 0 Å². The Kier molecular flexibility index (Phi) is 5.99. The average molecular weight is 277 g/mol. The van der Waals surface area contributed by atoms with Crippen molar-refractivity contribution in [1.29, 1.82) is 0 Å². The molecule has 20 heavy (non-hydrogen) atoms. The lowest BCUT2D eigenvalue weighted by atomic mass is 9.85. The number of carbonyl (C=O) groups is 1. The van der Waals surface area contributed by atoms with Crippen LogP contribution in [0.5, 0.6) is 0 Å². The molecular formula is C16H27N3O. The Morgan fingerprint density at radius 2 is 1.80 bits per heavy atom. The van der Waals surface area contributed by atoms with Crippen LogP contribution < -0.4 is 5.32 Å². The molecular weight excluding hydrogens is 250 g/mol. The molecule has 4 nitrogen and oxygen atoms in total. The summed E-state index contributed by atoms with van der Waals surface area (Å²) in [4.78, 5) is 17.6. The Hall–Kier alpha value is -1.58. The van der Waals surface area contributed by atoms with Crippen LogP contribution in [0.15, 0.2) is 18.3 Å². The van der Waals surface area contributed by atoms with Gasteiger partial charge >= 0.3 is 0 Å². The fraction of sp³-hybridized carbons (Fsp3) is 0.625. The minimum atomic E-state index is -0.0220. The zero-order valence-electron chi connectivity index (χ0n) is 13.5. The van der Waals surface area contributed by atoms with Crippen molar-refractivity contribution in [2.24, 2.45) is 17.8 Å². The van der Waals surface area contributed by atoms with Gasteiger partial charge in [-0.25, -0.2) is 4.98 Å². The summed E-state index contributed by atoms with van der Waals surface area (Å²) in [7, 11) is 3.48. The fourth-order valence-electron chi connectivity index (χ4n) is 2.35. The summed E-state index contributed by atoms with van der Waals surface area (Å²) in [6, 6.07) is 3.69. The molecule has 1 aromatic heterocycles. The van der Waals surface area contributed by atoms with Gasteiger partial charge in [-0.2, -0.15) is 0 Å². The Morgan fingerprint density at radius 3 is 2.20 bits per heavy atom. The van der Waals surface area contributed by atoms with E-state index in [0.29, 0.717) is 23.3 Å². The quantitative estimate of drug-likeness (QED) is 0.869. The van der Waals surface area contributed by atoms with Crippen LogP contribution in [0, 0.1) is 17.8 Å². The Labute approximate surface area is 122 Å². The van der Waals surface area contributed by atoms with Crippen molar-refractivity contribution in [1.82, 2.24) is 9.88 Å². The van der Waals surface area contributed by atoms with E-state index in [0.717, 1.165) is 12.4 Å². The number of nitrogens with zero attached hydrogens (tertiary/aromatic N) is 2. The van der Waals surface area contributed by atoms with Crippen LogP contribution in [-0.2, 0) is 0 Å². The third-order valence-electron chi connectivity index (χ3n) is 3.65. The van der Waals surface area contributed by atoms with Crippen molar-refractivity contribution < 1.29 is 4.79 Å². The standard InChI is InChI=1S/C16H27N3O/c1-11(2)14(12(3)4)10-18-15-8-7-13(9-17-15)16(20)19(5)6/h7-9,11-12,14H,10H2,1-6H3,(H,17,18). The van der Waals surface area contributed by atoms with Gasteiger partial charge in [0.25, 0.3) is 5.91 Å². The van der Waals surface area contributed by atoms with E-state index in [2.05, 4.69) is 38.0 Å². The molecule has 0 radical (unpaired) electrons. The third-order valence-corrected chi connectivity index (χ3v) is 3.65. The highest BCUT2D eigenvalue weighted by Crippen LogP contribution is 2.20. The second-order valence-electron chi connectivity index (χ2n) is 6.16. The largest absolute Gasteiger partial charge is 0.370 e. The number of carbonyl (C=O) groups excluding carboxylic acids is 1. The lowest BCUT2D eigenvalue weighted by Gasteiger charge is -2.25. The number of nitrogens with one attached hydrogen (secondary N) is 1. The molecule has 0 aromatic carbocycles. The van der Waals surface area contributed by atoms with Crippen molar-refractivity contribution in [2.75, 3.05) is 26.0 Å². The summed E-state index contributed by atoms with van der Waals surface area (Å²) in [6.45, 7) is 9.90. The highest BCUT2D eigenvalue weighted by Gasteiger charge is 2.17. The maximum Gasteiger partial charge on any atom is 0.254 e.